The average molecular weight is 456 g/mol. The number of aryl methyl sites for hydroxylation is 2. The van der Waals surface area contributed by atoms with E-state index in [0.717, 1.165) is 34.2 Å². The first-order valence-corrected chi connectivity index (χ1v) is 11.5. The Morgan fingerprint density at radius 1 is 1.00 bits per heavy atom. The van der Waals surface area contributed by atoms with Crippen molar-refractivity contribution in [3.63, 3.8) is 0 Å². The summed E-state index contributed by atoms with van der Waals surface area (Å²) in [7, 11) is 0. The van der Waals surface area contributed by atoms with Gasteiger partial charge in [0.1, 0.15) is 12.4 Å². The molecule has 2 aromatic carbocycles. The van der Waals surface area contributed by atoms with E-state index >= 15 is 0 Å². The third-order valence-corrected chi connectivity index (χ3v) is 5.63. The molecule has 170 valence electrons. The van der Waals surface area contributed by atoms with Crippen molar-refractivity contribution in [1.29, 1.82) is 0 Å². The summed E-state index contributed by atoms with van der Waals surface area (Å²) in [6, 6.07) is 11.4. The number of thioether (sulfide) groups is 1. The number of nitrogens with zero attached hydrogens (tertiary/aromatic N) is 1. The molecule has 1 aliphatic rings. The van der Waals surface area contributed by atoms with E-state index in [4.69, 9.17) is 14.2 Å². The average Bonchev–Trinajstić information content (AvgIpc) is 2.99. The lowest BCUT2D eigenvalue weighted by atomic mass is 10.1. The van der Waals surface area contributed by atoms with Crippen molar-refractivity contribution in [2.24, 2.45) is 0 Å². The van der Waals surface area contributed by atoms with Crippen LogP contribution in [0.1, 0.15) is 37.5 Å². The highest BCUT2D eigenvalue weighted by Crippen LogP contribution is 2.35. The first kappa shape index (κ1) is 23.7. The fourth-order valence-electron chi connectivity index (χ4n) is 3.19. The second-order valence-electron chi connectivity index (χ2n) is 7.76. The lowest BCUT2D eigenvalue weighted by Gasteiger charge is -2.15. The van der Waals surface area contributed by atoms with Gasteiger partial charge in [0.2, 0.25) is 0 Å². The Bertz CT molecular complexity index is 1030. The normalized spacial score (nSPS) is 15.1. The highest BCUT2D eigenvalue weighted by molar-refractivity contribution is 8.18. The van der Waals surface area contributed by atoms with Crippen LogP contribution in [0.4, 0.5) is 4.79 Å². The van der Waals surface area contributed by atoms with Crippen molar-refractivity contribution in [2.75, 3.05) is 19.8 Å². The van der Waals surface area contributed by atoms with E-state index in [2.05, 4.69) is 0 Å². The van der Waals surface area contributed by atoms with Gasteiger partial charge in [0, 0.05) is 0 Å². The standard InChI is InChI=1S/C25H29NO5S/c1-6-29-22-14-19(9-10-20(22)31-16(2)3)15-23-24(27)26(25(28)32-23)11-12-30-21-13-17(4)7-8-18(21)5/h7-10,13-16H,6,11-12H2,1-5H3/b23-15-. The van der Waals surface area contributed by atoms with Crippen molar-refractivity contribution in [3.05, 3.63) is 58.0 Å². The zero-order valence-electron chi connectivity index (χ0n) is 19.1. The second-order valence-corrected chi connectivity index (χ2v) is 8.75. The Morgan fingerprint density at radius 3 is 2.50 bits per heavy atom. The summed E-state index contributed by atoms with van der Waals surface area (Å²) < 4.78 is 17.3. The maximum absolute atomic E-state index is 12.8. The predicted molar refractivity (Wildman–Crippen MR) is 127 cm³/mol. The van der Waals surface area contributed by atoms with Crippen LogP contribution >= 0.6 is 11.8 Å². The fraction of sp³-hybridized carbons (Fsp3) is 0.360. The van der Waals surface area contributed by atoms with Crippen molar-refractivity contribution >= 4 is 29.0 Å². The maximum atomic E-state index is 12.8. The smallest absolute Gasteiger partial charge is 0.293 e. The van der Waals surface area contributed by atoms with Gasteiger partial charge in [0.15, 0.2) is 11.5 Å². The van der Waals surface area contributed by atoms with E-state index in [1.807, 2.05) is 71.0 Å². The number of ether oxygens (including phenoxy) is 3. The van der Waals surface area contributed by atoms with Crippen molar-refractivity contribution < 1.29 is 23.8 Å². The zero-order valence-corrected chi connectivity index (χ0v) is 20.0. The summed E-state index contributed by atoms with van der Waals surface area (Å²) in [5, 5.41) is -0.296. The highest BCUT2D eigenvalue weighted by Gasteiger charge is 2.34. The summed E-state index contributed by atoms with van der Waals surface area (Å²) >= 11 is 0.933. The summed E-state index contributed by atoms with van der Waals surface area (Å²) in [6.07, 6.45) is 1.72. The highest BCUT2D eigenvalue weighted by atomic mass is 32.2. The van der Waals surface area contributed by atoms with E-state index in [0.29, 0.717) is 23.0 Å². The van der Waals surface area contributed by atoms with E-state index < -0.39 is 0 Å². The van der Waals surface area contributed by atoms with Crippen LogP contribution in [-0.4, -0.2) is 41.9 Å². The van der Waals surface area contributed by atoms with Gasteiger partial charge in [-0.2, -0.15) is 0 Å². The molecule has 0 N–H and O–H groups in total. The number of benzene rings is 2. The van der Waals surface area contributed by atoms with Crippen LogP contribution < -0.4 is 14.2 Å². The number of hydrogen-bond donors (Lipinski definition) is 0. The quantitative estimate of drug-likeness (QED) is 0.458. The molecule has 7 heteroatoms. The monoisotopic (exact) mass is 455 g/mol. The van der Waals surface area contributed by atoms with Gasteiger partial charge in [-0.05, 0) is 87.3 Å². The minimum absolute atomic E-state index is 0.0161. The van der Waals surface area contributed by atoms with Crippen LogP contribution in [0, 0.1) is 13.8 Å². The second kappa shape index (κ2) is 10.6. The molecule has 0 saturated carbocycles. The molecule has 1 saturated heterocycles. The van der Waals surface area contributed by atoms with Gasteiger partial charge in [-0.3, -0.25) is 14.5 Å². The number of hydrogen-bond acceptors (Lipinski definition) is 6. The molecule has 0 aromatic heterocycles. The van der Waals surface area contributed by atoms with Crippen LogP contribution in [0.3, 0.4) is 0 Å². The predicted octanol–water partition coefficient (Wildman–Crippen LogP) is 5.60. The van der Waals surface area contributed by atoms with Crippen LogP contribution in [0.5, 0.6) is 17.2 Å². The molecule has 0 bridgehead atoms. The number of amides is 2. The number of carbonyl (C=O) groups excluding carboxylic acids is 2. The van der Waals surface area contributed by atoms with Crippen LogP contribution in [0.25, 0.3) is 6.08 Å². The third-order valence-electron chi connectivity index (χ3n) is 4.72. The number of imide groups is 1. The summed E-state index contributed by atoms with van der Waals surface area (Å²) in [4.78, 5) is 26.8. The van der Waals surface area contributed by atoms with E-state index in [1.54, 1.807) is 6.08 Å². The van der Waals surface area contributed by atoms with E-state index in [9.17, 15) is 9.59 Å². The molecule has 3 rings (SSSR count). The SMILES string of the molecule is CCOc1cc(/C=C2\SC(=O)N(CCOc3cc(C)ccc3C)C2=O)ccc1OC(C)C. The molecule has 1 fully saturated rings. The Labute approximate surface area is 193 Å². The van der Waals surface area contributed by atoms with Gasteiger partial charge in [-0.1, -0.05) is 18.2 Å². The molecule has 0 aliphatic carbocycles. The Balaban J connectivity index is 1.69. The van der Waals surface area contributed by atoms with Crippen molar-refractivity contribution in [2.45, 2.75) is 40.7 Å². The minimum atomic E-state index is -0.315. The molecule has 32 heavy (non-hydrogen) atoms. The lowest BCUT2D eigenvalue weighted by molar-refractivity contribution is -0.123. The van der Waals surface area contributed by atoms with Gasteiger partial charge in [-0.15, -0.1) is 0 Å². The first-order chi connectivity index (χ1) is 15.3. The maximum Gasteiger partial charge on any atom is 0.293 e. The first-order valence-electron chi connectivity index (χ1n) is 10.7. The molecule has 1 heterocycles. The largest absolute Gasteiger partial charge is 0.491 e. The molecule has 0 unspecified atom stereocenters. The third kappa shape index (κ3) is 5.85. The number of rotatable bonds is 9. The van der Waals surface area contributed by atoms with Gasteiger partial charge >= 0.3 is 0 Å². The Hall–Kier alpha value is -2.93. The molecule has 0 atom stereocenters. The van der Waals surface area contributed by atoms with E-state index in [-0.39, 0.29) is 30.4 Å². The van der Waals surface area contributed by atoms with Crippen molar-refractivity contribution in [1.82, 2.24) is 4.90 Å². The lowest BCUT2D eigenvalue weighted by Crippen LogP contribution is -2.32. The van der Waals surface area contributed by atoms with Gasteiger partial charge in [-0.25, -0.2) is 0 Å². The fourth-order valence-corrected chi connectivity index (χ4v) is 4.05. The van der Waals surface area contributed by atoms with Gasteiger partial charge < -0.3 is 14.2 Å². The van der Waals surface area contributed by atoms with Gasteiger partial charge in [0.05, 0.1) is 24.2 Å². The van der Waals surface area contributed by atoms with E-state index in [1.165, 1.54) is 4.90 Å². The summed E-state index contributed by atoms with van der Waals surface area (Å²) in [5.74, 6) is 1.71. The van der Waals surface area contributed by atoms with Gasteiger partial charge in [0.25, 0.3) is 11.1 Å². The Kier molecular flexibility index (Phi) is 7.85. The molecule has 2 amide bonds. The molecule has 0 spiro atoms. The number of carbonyl (C=O) groups is 2. The molecule has 6 nitrogen and oxygen atoms in total. The molecule has 0 radical (unpaired) electrons. The molecular formula is C25H29NO5S. The van der Waals surface area contributed by atoms with Crippen LogP contribution in [0.2, 0.25) is 0 Å². The summed E-state index contributed by atoms with van der Waals surface area (Å²) in [6.45, 7) is 10.7. The van der Waals surface area contributed by atoms with Crippen LogP contribution in [-0.2, 0) is 4.79 Å². The zero-order chi connectivity index (χ0) is 23.3. The molecule has 1 aliphatic heterocycles. The van der Waals surface area contributed by atoms with Crippen molar-refractivity contribution in [3.8, 4) is 17.2 Å². The molecular weight excluding hydrogens is 426 g/mol. The summed E-state index contributed by atoms with van der Waals surface area (Å²) in [5.41, 5.74) is 2.87. The van der Waals surface area contributed by atoms with Crippen LogP contribution in [0.15, 0.2) is 41.3 Å². The topological polar surface area (TPSA) is 65.1 Å². The minimum Gasteiger partial charge on any atom is -0.491 e. The Morgan fingerprint density at radius 2 is 1.78 bits per heavy atom. The molecule has 2 aromatic rings.